The molecule has 20 nitrogen and oxygen atoms in total. The van der Waals surface area contributed by atoms with Gasteiger partial charge in [-0.3, -0.25) is 38.8 Å². The van der Waals surface area contributed by atoms with E-state index in [1.807, 2.05) is 60.7 Å². The van der Waals surface area contributed by atoms with Crippen molar-refractivity contribution in [3.63, 3.8) is 0 Å². The van der Waals surface area contributed by atoms with E-state index in [-0.39, 0.29) is 67.7 Å². The second-order valence-electron chi connectivity index (χ2n) is 30.4. The minimum atomic E-state index is -0.700. The molecular formula is C86H108N10O10. The fourth-order valence-electron chi connectivity index (χ4n) is 16.9. The summed E-state index contributed by atoms with van der Waals surface area (Å²) >= 11 is 0. The van der Waals surface area contributed by atoms with Crippen molar-refractivity contribution in [2.45, 2.75) is 146 Å². The average molecular weight is 1440 g/mol. The predicted octanol–water partition coefficient (Wildman–Crippen LogP) is 7.07. The van der Waals surface area contributed by atoms with E-state index in [2.05, 4.69) is 155 Å². The smallest absolute Gasteiger partial charge is 0.264 e. The molecular weight excluding hydrogens is 1330 g/mol. The van der Waals surface area contributed by atoms with E-state index in [0.717, 1.165) is 114 Å². The Morgan fingerprint density at radius 1 is 0.434 bits per heavy atom. The lowest BCUT2D eigenvalue weighted by Gasteiger charge is -2.30. The van der Waals surface area contributed by atoms with Crippen molar-refractivity contribution in [3.05, 3.63) is 231 Å². The van der Waals surface area contributed by atoms with Crippen LogP contribution in [0, 0.1) is 17.8 Å². The van der Waals surface area contributed by atoms with Gasteiger partial charge in [-0.1, -0.05) is 177 Å². The number of hydrogen-bond acceptors (Lipinski definition) is 16. The fraction of sp³-hybridized carbons (Fsp3) is 0.465. The number of fused-ring (bicyclic) bond motifs is 8. The molecule has 0 radical (unpaired) electrons. The molecule has 0 saturated heterocycles. The number of ether oxygens (including phenoxy) is 2. The lowest BCUT2D eigenvalue weighted by atomic mass is 9.82. The van der Waals surface area contributed by atoms with Gasteiger partial charge in [0.25, 0.3) is 5.91 Å². The maximum atomic E-state index is 12.5. The molecule has 7 heterocycles. The van der Waals surface area contributed by atoms with Crippen LogP contribution in [0.1, 0.15) is 106 Å². The average Bonchev–Trinajstić information content (AvgIpc) is 1.70. The van der Waals surface area contributed by atoms with Gasteiger partial charge in [-0.2, -0.15) is 0 Å². The van der Waals surface area contributed by atoms with Crippen molar-refractivity contribution in [1.29, 1.82) is 0 Å². The Morgan fingerprint density at radius 3 is 1.30 bits per heavy atom. The molecule has 9 aliphatic rings. The van der Waals surface area contributed by atoms with Gasteiger partial charge in [-0.25, -0.2) is 0 Å². The Hall–Kier alpha value is -8.54. The number of para-hydroxylation sites is 3. The molecule has 16 rings (SSSR count). The zero-order chi connectivity index (χ0) is 73.1. The van der Waals surface area contributed by atoms with Gasteiger partial charge in [0, 0.05) is 129 Å². The molecule has 0 spiro atoms. The lowest BCUT2D eigenvalue weighted by molar-refractivity contribution is -0.131. The number of rotatable bonds is 20. The van der Waals surface area contributed by atoms with Crippen LogP contribution in [-0.2, 0) is 84.0 Å². The number of carbonyl (C=O) groups is 4. The number of aliphatic hydroxyl groups excluding tert-OH is 4. The molecule has 2 fully saturated rings. The number of β-amino-alcohol motifs (C(OH)–C–C–N with tert-alkyl or cyclic N) is 4. The van der Waals surface area contributed by atoms with Gasteiger partial charge in [0.15, 0.2) is 11.5 Å². The van der Waals surface area contributed by atoms with Gasteiger partial charge < -0.3 is 61.8 Å². The van der Waals surface area contributed by atoms with Crippen LogP contribution in [0.25, 0.3) is 0 Å². The van der Waals surface area contributed by atoms with Crippen LogP contribution in [0.15, 0.2) is 170 Å². The van der Waals surface area contributed by atoms with Crippen molar-refractivity contribution in [1.82, 2.24) is 46.2 Å². The first-order chi connectivity index (χ1) is 51.8. The van der Waals surface area contributed by atoms with E-state index >= 15 is 0 Å². The topological polar surface area (TPSA) is 253 Å². The highest BCUT2D eigenvalue weighted by Crippen LogP contribution is 2.45. The summed E-state index contributed by atoms with van der Waals surface area (Å²) in [6, 6.07) is 57.1. The van der Waals surface area contributed by atoms with E-state index in [0.29, 0.717) is 63.7 Å². The normalized spacial score (nSPS) is 22.4. The SMILES string of the molecule is O=C(NC[C@H](O)CN1CCc2ccccc2C1)C1CNc2ccccc21.O=C(NC[C@H](O)CN1CCc2ccccc2C1)C1COc2ccccc2O1.O=C(NC[C@H](O)CN1CCc2ccccc2C1)C1C[C@H]2CCCC[C@H]2C1.O=C(NC[C@H](O)CN1CCc2ccccc2C1)[C@H]1Cc2ccccc2CN1. The van der Waals surface area contributed by atoms with Crippen molar-refractivity contribution in [3.8, 4) is 11.5 Å². The van der Waals surface area contributed by atoms with Crippen molar-refractivity contribution in [2.24, 2.45) is 17.8 Å². The molecule has 20 heteroatoms. The largest absolute Gasteiger partial charge is 0.485 e. The zero-order valence-corrected chi connectivity index (χ0v) is 61.2. The third-order valence-corrected chi connectivity index (χ3v) is 22.7. The Kier molecular flexibility index (Phi) is 26.7. The monoisotopic (exact) mass is 1440 g/mol. The van der Waals surface area contributed by atoms with E-state index < -0.39 is 30.5 Å². The lowest BCUT2D eigenvalue weighted by Crippen LogP contribution is -2.50. The molecule has 3 unspecified atom stereocenters. The molecule has 7 aromatic rings. The van der Waals surface area contributed by atoms with Crippen LogP contribution < -0.4 is 41.4 Å². The fourth-order valence-corrected chi connectivity index (χ4v) is 16.9. The van der Waals surface area contributed by atoms with E-state index in [1.54, 1.807) is 6.07 Å². The Morgan fingerprint density at radius 2 is 0.821 bits per heavy atom. The van der Waals surface area contributed by atoms with Crippen LogP contribution in [0.2, 0.25) is 0 Å². The molecule has 7 aliphatic heterocycles. The van der Waals surface area contributed by atoms with Gasteiger partial charge in [0.2, 0.25) is 23.8 Å². The maximum absolute atomic E-state index is 12.5. The molecule has 10 N–H and O–H groups in total. The maximum Gasteiger partial charge on any atom is 0.264 e. The van der Waals surface area contributed by atoms with Crippen molar-refractivity contribution < 1.29 is 49.1 Å². The number of aliphatic hydroxyl groups is 4. The first-order valence-electron chi connectivity index (χ1n) is 38.8. The zero-order valence-electron chi connectivity index (χ0n) is 61.2. The number of amides is 4. The second kappa shape index (κ2) is 37.3. The summed E-state index contributed by atoms with van der Waals surface area (Å²) in [7, 11) is 0. The van der Waals surface area contributed by atoms with Crippen LogP contribution in [-0.4, -0.2) is 192 Å². The Balaban J connectivity index is 0.000000125. The third-order valence-electron chi connectivity index (χ3n) is 22.7. The number of nitrogens with one attached hydrogen (secondary N) is 6. The molecule has 2 aliphatic carbocycles. The Bertz CT molecular complexity index is 3920. The van der Waals surface area contributed by atoms with Gasteiger partial charge >= 0.3 is 0 Å². The van der Waals surface area contributed by atoms with E-state index in [1.165, 1.54) is 81.3 Å². The van der Waals surface area contributed by atoms with Crippen molar-refractivity contribution >= 4 is 29.3 Å². The van der Waals surface area contributed by atoms with Crippen LogP contribution in [0.4, 0.5) is 5.69 Å². The minimum Gasteiger partial charge on any atom is -0.485 e. The summed E-state index contributed by atoms with van der Waals surface area (Å²) < 4.78 is 11.2. The highest BCUT2D eigenvalue weighted by molar-refractivity contribution is 5.88. The summed E-state index contributed by atoms with van der Waals surface area (Å²) in [5.41, 5.74) is 15.5. The van der Waals surface area contributed by atoms with Crippen LogP contribution >= 0.6 is 0 Å². The standard InChI is InChI=1S/C22H27N3O2.C22H32N2O2.C21H25N3O2.C21H24N2O4/c26-20(15-25-10-9-16-5-1-4-8-19(16)14-25)13-24-22(27)21-11-17-6-2-3-7-18(17)12-23-21;25-21(15-24-10-9-16-5-1-4-8-19(16)14-24)13-23-22(26)20-11-17-6-2-3-7-18(17)12-20;25-17(14-24-10-9-15-5-1-2-6-16(15)13-24)11-23-21(26)19-12-22-20-8-4-3-7-18(19)20;24-17(13-23-10-9-15-5-1-2-6-16(15)12-23)11-22-21(25)20-14-26-18-7-3-4-8-19(18)27-20/h1-8,20-21,23,26H,9-15H2,(H,24,27);1,4-5,8,17-18,20-21,25H,2-3,6-7,9-15H2,(H,23,26);1-8,17,19,22,25H,9-14H2,(H,23,26);1-8,17,20,24H,9-14H2,(H,22,25)/t20-,21+;17-,18+,20?,21-;17-,19?;17-,20?/m0000/s1. The van der Waals surface area contributed by atoms with Gasteiger partial charge in [-0.15, -0.1) is 0 Å². The summed E-state index contributed by atoms with van der Waals surface area (Å²) in [6.45, 7) is 12.2. The third kappa shape index (κ3) is 20.8. The molecule has 10 atom stereocenters. The number of benzene rings is 7. The molecule has 0 bridgehead atoms. The van der Waals surface area contributed by atoms with Gasteiger partial charge in [0.1, 0.15) is 6.61 Å². The number of carbonyl (C=O) groups excluding carboxylic acids is 4. The predicted molar refractivity (Wildman–Crippen MR) is 411 cm³/mol. The quantitative estimate of drug-likeness (QED) is 0.0367. The van der Waals surface area contributed by atoms with E-state index in [9.17, 15) is 39.6 Å². The summed E-state index contributed by atoms with van der Waals surface area (Å²) in [4.78, 5) is 58.8. The summed E-state index contributed by atoms with van der Waals surface area (Å²) in [5, 5.41) is 59.6. The van der Waals surface area contributed by atoms with Gasteiger partial charge in [0.05, 0.1) is 36.4 Å². The highest BCUT2D eigenvalue weighted by atomic mass is 16.6. The van der Waals surface area contributed by atoms with Crippen molar-refractivity contribution in [2.75, 3.05) is 97.0 Å². The number of hydrogen-bond donors (Lipinski definition) is 10. The first kappa shape index (κ1) is 75.7. The molecule has 0 aromatic heterocycles. The summed E-state index contributed by atoms with van der Waals surface area (Å²) in [6.07, 6.45) is 9.25. The van der Waals surface area contributed by atoms with E-state index in [4.69, 9.17) is 9.47 Å². The minimum absolute atomic E-state index is 0.0227. The van der Waals surface area contributed by atoms with Crippen LogP contribution in [0.5, 0.6) is 11.5 Å². The molecule has 4 amide bonds. The van der Waals surface area contributed by atoms with Crippen LogP contribution in [0.3, 0.4) is 0 Å². The number of nitrogens with zero attached hydrogens (tertiary/aromatic N) is 4. The summed E-state index contributed by atoms with van der Waals surface area (Å²) in [5.74, 6) is 2.60. The molecule has 106 heavy (non-hydrogen) atoms. The highest BCUT2D eigenvalue weighted by Gasteiger charge is 2.39. The molecule has 7 aromatic carbocycles. The number of anilines is 1. The second-order valence-corrected chi connectivity index (χ2v) is 30.4. The molecule has 2 saturated carbocycles. The Labute approximate surface area is 624 Å². The van der Waals surface area contributed by atoms with Gasteiger partial charge in [-0.05, 0) is 136 Å². The first-order valence-corrected chi connectivity index (χ1v) is 38.8. The molecule has 562 valence electrons.